The van der Waals surface area contributed by atoms with Crippen LogP contribution in [0.15, 0.2) is 41.6 Å². The number of esters is 1. The number of ether oxygens (including phenoxy) is 3. The molecule has 7 heteroatoms. The summed E-state index contributed by atoms with van der Waals surface area (Å²) in [7, 11) is 0. The first kappa shape index (κ1) is 15.9. The van der Waals surface area contributed by atoms with Gasteiger partial charge in [-0.25, -0.2) is 9.59 Å². The summed E-state index contributed by atoms with van der Waals surface area (Å²) in [5, 5.41) is 5.36. The molecule has 2 aliphatic heterocycles. The van der Waals surface area contributed by atoms with Crippen LogP contribution < -0.4 is 20.1 Å². The van der Waals surface area contributed by atoms with E-state index in [9.17, 15) is 9.59 Å². The van der Waals surface area contributed by atoms with Crippen LogP contribution in [-0.2, 0) is 9.53 Å². The molecule has 2 heterocycles. The molecule has 0 spiro atoms. The van der Waals surface area contributed by atoms with E-state index < -0.39 is 12.0 Å². The average Bonchev–Trinajstić information content (AvgIpc) is 3.01. The highest BCUT2D eigenvalue weighted by Crippen LogP contribution is 2.36. The van der Waals surface area contributed by atoms with Crippen molar-refractivity contribution in [2.75, 3.05) is 13.4 Å². The highest BCUT2D eigenvalue weighted by molar-refractivity contribution is 5.95. The molecule has 0 aliphatic carbocycles. The number of amides is 2. The number of hydrogen-bond donors (Lipinski definition) is 2. The Kier molecular flexibility index (Phi) is 4.41. The molecular formula is C17H18N2O5. The van der Waals surface area contributed by atoms with Crippen molar-refractivity contribution in [1.29, 1.82) is 0 Å². The maximum Gasteiger partial charge on any atom is 0.338 e. The zero-order valence-electron chi connectivity index (χ0n) is 13.4. The summed E-state index contributed by atoms with van der Waals surface area (Å²) in [4.78, 5) is 24.3. The number of rotatable bonds is 4. The standard InChI is InChI=1S/C17H18N2O5/c1-3-4-7-22-16(20)14-10(2)18-17(21)19-15(14)11-5-6-12-13(8-11)24-9-23-12/h3-6,8,15H,7,9H2,1-2H3,(H2,18,19,21)/b4-3-/t15-/m1/s1. The van der Waals surface area contributed by atoms with Gasteiger partial charge in [-0.2, -0.15) is 0 Å². The van der Waals surface area contributed by atoms with Crippen LogP contribution >= 0.6 is 0 Å². The third kappa shape index (κ3) is 3.05. The molecule has 126 valence electrons. The maximum absolute atomic E-state index is 12.4. The molecule has 2 N–H and O–H groups in total. The monoisotopic (exact) mass is 330 g/mol. The lowest BCUT2D eigenvalue weighted by Crippen LogP contribution is -2.45. The number of fused-ring (bicyclic) bond motifs is 1. The Bertz CT molecular complexity index is 738. The third-order valence-corrected chi connectivity index (χ3v) is 3.77. The van der Waals surface area contributed by atoms with Crippen molar-refractivity contribution >= 4 is 12.0 Å². The molecule has 0 radical (unpaired) electrons. The second kappa shape index (κ2) is 6.66. The van der Waals surface area contributed by atoms with E-state index in [1.165, 1.54) is 0 Å². The van der Waals surface area contributed by atoms with Gasteiger partial charge in [-0.1, -0.05) is 18.2 Å². The number of nitrogens with one attached hydrogen (secondary N) is 2. The van der Waals surface area contributed by atoms with Gasteiger partial charge in [-0.15, -0.1) is 0 Å². The Morgan fingerprint density at radius 2 is 2.17 bits per heavy atom. The topological polar surface area (TPSA) is 85.9 Å². The Balaban J connectivity index is 1.92. The van der Waals surface area contributed by atoms with Crippen molar-refractivity contribution < 1.29 is 23.8 Å². The van der Waals surface area contributed by atoms with Crippen molar-refractivity contribution in [3.63, 3.8) is 0 Å². The number of carbonyl (C=O) groups excluding carboxylic acids is 2. The summed E-state index contributed by atoms with van der Waals surface area (Å²) in [5.41, 5.74) is 1.54. The molecule has 0 unspecified atom stereocenters. The predicted octanol–water partition coefficient (Wildman–Crippen LogP) is 2.16. The van der Waals surface area contributed by atoms with Crippen LogP contribution in [0.3, 0.4) is 0 Å². The second-order valence-electron chi connectivity index (χ2n) is 5.35. The first-order valence-corrected chi connectivity index (χ1v) is 7.56. The van der Waals surface area contributed by atoms with E-state index in [0.29, 0.717) is 28.3 Å². The van der Waals surface area contributed by atoms with Gasteiger partial charge < -0.3 is 24.8 Å². The largest absolute Gasteiger partial charge is 0.458 e. The molecule has 2 aliphatic rings. The van der Waals surface area contributed by atoms with Crippen LogP contribution in [0.1, 0.15) is 25.5 Å². The van der Waals surface area contributed by atoms with E-state index >= 15 is 0 Å². The molecule has 24 heavy (non-hydrogen) atoms. The van der Waals surface area contributed by atoms with Gasteiger partial charge in [0.05, 0.1) is 11.6 Å². The van der Waals surface area contributed by atoms with Gasteiger partial charge in [0.1, 0.15) is 6.61 Å². The molecular weight excluding hydrogens is 312 g/mol. The maximum atomic E-state index is 12.4. The van der Waals surface area contributed by atoms with Crippen LogP contribution in [-0.4, -0.2) is 25.4 Å². The minimum absolute atomic E-state index is 0.157. The smallest absolute Gasteiger partial charge is 0.338 e. The minimum atomic E-state index is -0.619. The van der Waals surface area contributed by atoms with Gasteiger partial charge in [0.2, 0.25) is 6.79 Å². The first-order valence-electron chi connectivity index (χ1n) is 7.56. The molecule has 1 aromatic carbocycles. The van der Waals surface area contributed by atoms with Crippen LogP contribution in [0, 0.1) is 0 Å². The number of benzene rings is 1. The molecule has 1 aromatic rings. The summed E-state index contributed by atoms with van der Waals surface area (Å²) in [6.07, 6.45) is 3.53. The van der Waals surface area contributed by atoms with E-state index in [0.717, 1.165) is 0 Å². The third-order valence-electron chi connectivity index (χ3n) is 3.77. The summed E-state index contributed by atoms with van der Waals surface area (Å²) in [6.45, 7) is 3.85. The molecule has 0 saturated carbocycles. The highest BCUT2D eigenvalue weighted by atomic mass is 16.7. The molecule has 0 saturated heterocycles. The Morgan fingerprint density at radius 3 is 2.96 bits per heavy atom. The van der Waals surface area contributed by atoms with E-state index in [1.807, 2.05) is 6.92 Å². The quantitative estimate of drug-likeness (QED) is 0.653. The lowest BCUT2D eigenvalue weighted by atomic mass is 9.95. The average molecular weight is 330 g/mol. The number of urea groups is 1. The van der Waals surface area contributed by atoms with E-state index in [-0.39, 0.29) is 19.4 Å². The highest BCUT2D eigenvalue weighted by Gasteiger charge is 2.33. The lowest BCUT2D eigenvalue weighted by Gasteiger charge is -2.28. The molecule has 0 fully saturated rings. The zero-order chi connectivity index (χ0) is 17.1. The van der Waals surface area contributed by atoms with Gasteiger partial charge in [0.15, 0.2) is 11.5 Å². The lowest BCUT2D eigenvalue weighted by molar-refractivity contribution is -0.138. The molecule has 1 atom stereocenters. The summed E-state index contributed by atoms with van der Waals surface area (Å²) in [5.74, 6) is 0.734. The summed E-state index contributed by atoms with van der Waals surface area (Å²) < 4.78 is 15.9. The van der Waals surface area contributed by atoms with Crippen molar-refractivity contribution in [2.45, 2.75) is 19.9 Å². The van der Waals surface area contributed by atoms with E-state index in [4.69, 9.17) is 14.2 Å². The molecule has 7 nitrogen and oxygen atoms in total. The Hall–Kier alpha value is -2.96. The summed E-state index contributed by atoms with van der Waals surface area (Å²) >= 11 is 0. The molecule has 2 amide bonds. The molecule has 3 rings (SSSR count). The van der Waals surface area contributed by atoms with Gasteiger partial charge in [0, 0.05) is 5.70 Å². The SMILES string of the molecule is C/C=C\COC(=O)C1=C(C)NC(=O)N[C@@H]1c1ccc2c(c1)OCO2. The molecule has 0 bridgehead atoms. The Morgan fingerprint density at radius 1 is 1.38 bits per heavy atom. The van der Waals surface area contributed by atoms with Crippen LogP contribution in [0.25, 0.3) is 0 Å². The fourth-order valence-electron chi connectivity index (χ4n) is 2.60. The van der Waals surface area contributed by atoms with Gasteiger partial charge in [0.25, 0.3) is 0 Å². The van der Waals surface area contributed by atoms with E-state index in [2.05, 4.69) is 10.6 Å². The van der Waals surface area contributed by atoms with Crippen molar-refractivity contribution in [2.24, 2.45) is 0 Å². The summed E-state index contributed by atoms with van der Waals surface area (Å²) in [6, 6.07) is 4.30. The van der Waals surface area contributed by atoms with Crippen LogP contribution in [0.5, 0.6) is 11.5 Å². The van der Waals surface area contributed by atoms with Crippen LogP contribution in [0.4, 0.5) is 4.79 Å². The van der Waals surface area contributed by atoms with E-state index in [1.54, 1.807) is 37.3 Å². The first-order chi connectivity index (χ1) is 11.6. The van der Waals surface area contributed by atoms with Gasteiger partial charge in [-0.05, 0) is 31.5 Å². The fraction of sp³-hybridized carbons (Fsp3) is 0.294. The number of carbonyl (C=O) groups is 2. The zero-order valence-corrected chi connectivity index (χ0v) is 13.4. The minimum Gasteiger partial charge on any atom is -0.458 e. The van der Waals surface area contributed by atoms with Gasteiger partial charge in [-0.3, -0.25) is 0 Å². The fourth-order valence-corrected chi connectivity index (χ4v) is 2.60. The van der Waals surface area contributed by atoms with Crippen molar-refractivity contribution in [3.05, 3.63) is 47.2 Å². The van der Waals surface area contributed by atoms with Gasteiger partial charge >= 0.3 is 12.0 Å². The number of hydrogen-bond acceptors (Lipinski definition) is 5. The second-order valence-corrected chi connectivity index (χ2v) is 5.35. The van der Waals surface area contributed by atoms with Crippen molar-refractivity contribution in [3.8, 4) is 11.5 Å². The van der Waals surface area contributed by atoms with Crippen molar-refractivity contribution in [1.82, 2.24) is 10.6 Å². The normalized spacial score (nSPS) is 19.2. The number of allylic oxidation sites excluding steroid dienone is 2. The van der Waals surface area contributed by atoms with Crippen LogP contribution in [0.2, 0.25) is 0 Å². The predicted molar refractivity (Wildman–Crippen MR) is 85.4 cm³/mol. The molecule has 0 aromatic heterocycles. The Labute approximate surface area is 139 Å².